The van der Waals surface area contributed by atoms with Gasteiger partial charge in [0.05, 0.1) is 0 Å². The highest BCUT2D eigenvalue weighted by atomic mass is 28.2. The van der Waals surface area contributed by atoms with Crippen molar-refractivity contribution in [1.82, 2.24) is 9.55 Å². The summed E-state index contributed by atoms with van der Waals surface area (Å²) in [5.74, 6) is 2.25. The number of nitrogens with one attached hydrogen (secondary N) is 1. The number of rotatable bonds is 5. The topological polar surface area (TPSA) is 43.3 Å². The molecule has 2 aromatic rings. The van der Waals surface area contributed by atoms with Gasteiger partial charge in [-0.1, -0.05) is 47.6 Å². The van der Waals surface area contributed by atoms with E-state index >= 15 is 0 Å². The molecule has 4 nitrogen and oxygen atoms in total. The molecule has 165 valence electrons. The Hall–Kier alpha value is -1.59. The number of carbonyl (C=O) groups is 1. The van der Waals surface area contributed by atoms with Crippen molar-refractivity contribution in [3.63, 3.8) is 0 Å². The predicted octanol–water partition coefficient (Wildman–Crippen LogP) is 5.59. The van der Waals surface area contributed by atoms with Crippen molar-refractivity contribution < 1.29 is 9.53 Å². The minimum atomic E-state index is -0.318. The van der Waals surface area contributed by atoms with E-state index in [2.05, 4.69) is 78.4 Å². The first kappa shape index (κ1) is 24.7. The van der Waals surface area contributed by atoms with Gasteiger partial charge in [-0.05, 0) is 61.3 Å². The van der Waals surface area contributed by atoms with Crippen LogP contribution in [0, 0.1) is 0 Å². The van der Waals surface area contributed by atoms with Crippen LogP contribution in [0.5, 0.6) is 0 Å². The lowest BCUT2D eigenvalue weighted by Gasteiger charge is -2.31. The first-order chi connectivity index (χ1) is 13.9. The van der Waals surface area contributed by atoms with Gasteiger partial charge in [0.2, 0.25) is 0 Å². The third kappa shape index (κ3) is 5.17. The summed E-state index contributed by atoms with van der Waals surface area (Å²) < 4.78 is 6.80. The summed E-state index contributed by atoms with van der Waals surface area (Å²) >= 11 is 0. The normalized spacial score (nSPS) is 14.8. The highest BCUT2D eigenvalue weighted by molar-refractivity contribution is 6.13. The molecule has 5 heteroatoms. The van der Waals surface area contributed by atoms with Crippen molar-refractivity contribution in [1.29, 1.82) is 0 Å². The highest BCUT2D eigenvalue weighted by Crippen LogP contribution is 2.42. The Balaban J connectivity index is 0.000000396. The molecule has 0 bridgehead atoms. The fourth-order valence-electron chi connectivity index (χ4n) is 4.26. The van der Waals surface area contributed by atoms with E-state index in [1.54, 1.807) is 11.1 Å². The zero-order valence-corrected chi connectivity index (χ0v) is 21.2. The second-order valence-electron chi connectivity index (χ2n) is 10.2. The maximum absolute atomic E-state index is 9.60. The van der Waals surface area contributed by atoms with Crippen molar-refractivity contribution in [3.8, 4) is 0 Å². The molecule has 1 aromatic heterocycles. The molecule has 1 aliphatic heterocycles. The molecule has 0 aliphatic carbocycles. The lowest BCUT2D eigenvalue weighted by atomic mass is 9.81. The third-order valence-corrected chi connectivity index (χ3v) is 6.09. The van der Waals surface area contributed by atoms with E-state index in [0.29, 0.717) is 30.1 Å². The van der Waals surface area contributed by atoms with Crippen LogP contribution in [0.4, 0.5) is 0 Å². The van der Waals surface area contributed by atoms with Gasteiger partial charge in [0.15, 0.2) is 10.4 Å². The second kappa shape index (κ2) is 9.69. The highest BCUT2D eigenvalue weighted by Gasteiger charge is 2.28. The van der Waals surface area contributed by atoms with E-state index in [4.69, 9.17) is 0 Å². The molecule has 1 N–H and O–H groups in total. The number of fused-ring (bicyclic) bond motifs is 1. The molecule has 1 fully saturated rings. The van der Waals surface area contributed by atoms with Gasteiger partial charge in [0, 0.05) is 35.6 Å². The van der Waals surface area contributed by atoms with E-state index in [0.717, 1.165) is 13.1 Å². The molecule has 1 aliphatic rings. The summed E-state index contributed by atoms with van der Waals surface area (Å²) in [5, 5.41) is 4.93. The standard InChI is InChI=1S/C20H29N2Si.C5H10O2/c1-11(2)17-15(14-9-21-10-14)7-8-16-19(17)18(12(3)4)20(13(5)6)22(16)23;1-5(2,3)7-4-6/h7-8,11-14,21H,9-10H2,1-6H3;4H,1-3H3. The van der Waals surface area contributed by atoms with Crippen LogP contribution >= 0.6 is 0 Å². The molecule has 1 aromatic carbocycles. The summed E-state index contributed by atoms with van der Waals surface area (Å²) in [4.78, 5) is 9.60. The van der Waals surface area contributed by atoms with Gasteiger partial charge < -0.3 is 14.3 Å². The molecule has 3 radical (unpaired) electrons. The van der Waals surface area contributed by atoms with Gasteiger partial charge in [-0.3, -0.25) is 4.79 Å². The minimum absolute atomic E-state index is 0.318. The van der Waals surface area contributed by atoms with E-state index < -0.39 is 0 Å². The molecule has 3 rings (SSSR count). The maximum atomic E-state index is 9.60. The van der Waals surface area contributed by atoms with Crippen molar-refractivity contribution in [2.75, 3.05) is 13.1 Å². The Kier molecular flexibility index (Phi) is 7.97. The summed E-state index contributed by atoms with van der Waals surface area (Å²) in [6.07, 6.45) is 0. The SMILES string of the molecule is CC(C)(C)OC=O.CC(C)c1c(C2CNC2)ccc2c1c(C(C)C)c(C(C)C)n2[Si]. The number of ether oxygens (including phenoxy) is 1. The Morgan fingerprint density at radius 2 is 1.60 bits per heavy atom. The minimum Gasteiger partial charge on any atom is -0.462 e. The van der Waals surface area contributed by atoms with Crippen molar-refractivity contribution in [3.05, 3.63) is 34.5 Å². The van der Waals surface area contributed by atoms with E-state index in [1.807, 2.05) is 20.8 Å². The average molecular weight is 428 g/mol. The van der Waals surface area contributed by atoms with E-state index in [9.17, 15) is 4.79 Å². The van der Waals surface area contributed by atoms with E-state index in [1.165, 1.54) is 22.2 Å². The number of carbonyl (C=O) groups excluding carboxylic acids is 1. The van der Waals surface area contributed by atoms with Crippen LogP contribution in [0.3, 0.4) is 0 Å². The summed E-state index contributed by atoms with van der Waals surface area (Å²) in [6, 6.07) is 4.69. The molecule has 0 saturated carbocycles. The van der Waals surface area contributed by atoms with Gasteiger partial charge in [0.25, 0.3) is 6.47 Å². The molecule has 0 unspecified atom stereocenters. The fourth-order valence-corrected chi connectivity index (χ4v) is 4.82. The molecule has 2 heterocycles. The lowest BCUT2D eigenvalue weighted by Crippen LogP contribution is -2.40. The van der Waals surface area contributed by atoms with Crippen LogP contribution in [0.1, 0.15) is 108 Å². The first-order valence-corrected chi connectivity index (χ1v) is 11.6. The quantitative estimate of drug-likeness (QED) is 0.500. The van der Waals surface area contributed by atoms with Crippen LogP contribution < -0.4 is 5.32 Å². The van der Waals surface area contributed by atoms with Crippen molar-refractivity contribution >= 4 is 27.8 Å². The molecular formula is C25H39N2O2Si. The third-order valence-electron chi connectivity index (χ3n) is 5.61. The van der Waals surface area contributed by atoms with Gasteiger partial charge in [-0.15, -0.1) is 0 Å². The Bertz CT molecular complexity index is 872. The summed E-state index contributed by atoms with van der Waals surface area (Å²) in [5.41, 5.74) is 7.09. The van der Waals surface area contributed by atoms with Crippen LogP contribution in [0.2, 0.25) is 0 Å². The molecular weight excluding hydrogens is 388 g/mol. The molecule has 30 heavy (non-hydrogen) atoms. The molecule has 0 amide bonds. The molecule has 0 atom stereocenters. The maximum Gasteiger partial charge on any atom is 0.293 e. The zero-order chi connectivity index (χ0) is 22.8. The smallest absolute Gasteiger partial charge is 0.293 e. The average Bonchev–Trinajstić information content (AvgIpc) is 2.85. The van der Waals surface area contributed by atoms with Crippen LogP contribution in [-0.2, 0) is 9.53 Å². The fraction of sp³-hybridized carbons (Fsp3) is 0.640. The summed E-state index contributed by atoms with van der Waals surface area (Å²) in [6.45, 7) is 22.1. The van der Waals surface area contributed by atoms with Crippen molar-refractivity contribution in [2.45, 2.75) is 91.6 Å². The van der Waals surface area contributed by atoms with Crippen LogP contribution in [-0.4, -0.2) is 39.8 Å². The second-order valence-corrected chi connectivity index (χ2v) is 10.7. The number of aromatic nitrogens is 1. The van der Waals surface area contributed by atoms with Gasteiger partial charge >= 0.3 is 0 Å². The van der Waals surface area contributed by atoms with Gasteiger partial charge in [-0.2, -0.15) is 0 Å². The van der Waals surface area contributed by atoms with Crippen LogP contribution in [0.25, 0.3) is 10.9 Å². The molecule has 1 saturated heterocycles. The number of benzene rings is 1. The zero-order valence-electron chi connectivity index (χ0n) is 20.2. The monoisotopic (exact) mass is 427 g/mol. The Morgan fingerprint density at radius 1 is 1.03 bits per heavy atom. The van der Waals surface area contributed by atoms with Gasteiger partial charge in [0.1, 0.15) is 5.60 Å². The Labute approximate surface area is 186 Å². The van der Waals surface area contributed by atoms with E-state index in [-0.39, 0.29) is 5.60 Å². The van der Waals surface area contributed by atoms with Gasteiger partial charge in [-0.25, -0.2) is 0 Å². The van der Waals surface area contributed by atoms with Crippen molar-refractivity contribution in [2.24, 2.45) is 0 Å². The number of hydrogen-bond donors (Lipinski definition) is 1. The summed E-state index contributed by atoms with van der Waals surface area (Å²) in [7, 11) is 3.91. The lowest BCUT2D eigenvalue weighted by molar-refractivity contribution is -0.138. The van der Waals surface area contributed by atoms with Crippen LogP contribution in [0.15, 0.2) is 12.1 Å². The number of nitrogens with zero attached hydrogens (tertiary/aromatic N) is 1. The molecule has 0 spiro atoms. The Morgan fingerprint density at radius 3 is 1.93 bits per heavy atom. The predicted molar refractivity (Wildman–Crippen MR) is 128 cm³/mol. The first-order valence-electron chi connectivity index (χ1n) is 11.1. The largest absolute Gasteiger partial charge is 0.462 e. The number of hydrogen-bond acceptors (Lipinski definition) is 3.